The molecule has 3 amide bonds. The molecule has 8 saturated heterocycles. The van der Waals surface area contributed by atoms with Crippen LogP contribution < -0.4 is 15.8 Å². The molecule has 0 radical (unpaired) electrons. The highest BCUT2D eigenvalue weighted by Gasteiger charge is 2.57. The number of carbonyl (C=O) groups excluding carboxylic acids is 5. The summed E-state index contributed by atoms with van der Waals surface area (Å²) in [5, 5.41) is 40.1. The number of ether oxygens (including phenoxy) is 8. The molecule has 2 aromatic carbocycles. The van der Waals surface area contributed by atoms with Crippen molar-refractivity contribution in [2.75, 3.05) is 53.7 Å². The Morgan fingerprint density at radius 3 is 2.41 bits per heavy atom. The van der Waals surface area contributed by atoms with Crippen molar-refractivity contribution in [2.45, 2.75) is 137 Å². The molecule has 12 rings (SSSR count). The molecule has 0 aromatic heterocycles. The molecule has 0 unspecified atom stereocenters. The number of phenols is 2. The maximum atomic E-state index is 15.0. The summed E-state index contributed by atoms with van der Waals surface area (Å²) in [5.41, 5.74) is 2.59. The molecule has 8 heterocycles. The first-order valence-electron chi connectivity index (χ1n) is 23.5. The van der Waals surface area contributed by atoms with Crippen molar-refractivity contribution >= 4 is 29.3 Å². The smallest absolute Gasteiger partial charge is 0.255 e. The number of nitrogens with one attached hydrogen (secondary N) is 1. The summed E-state index contributed by atoms with van der Waals surface area (Å²) in [4.78, 5) is 75.6. The van der Waals surface area contributed by atoms with E-state index in [0.717, 1.165) is 0 Å². The SMILES string of the molecule is COc1cccc2c1C(=O)c1c(O)c3c(c(O)c1C2=O)C[C@@](O)(C(=O)N1C[C@@H]2CC[C@H]1CN2C(=O)CCC(=O)N[C@H]1CO[C@H]2[C@@H]1OC[C@@H]2N)C[C@@H]3O[C@H]1C[C@H]2[C@H](O[C@@H]3[C@@H](OC)OCCN32)[C@H](C)O1. The summed E-state index contributed by atoms with van der Waals surface area (Å²) in [6.45, 7) is 3.69. The van der Waals surface area contributed by atoms with Crippen molar-refractivity contribution in [2.24, 2.45) is 5.73 Å². The molecule has 21 heteroatoms. The lowest BCUT2D eigenvalue weighted by molar-refractivity contribution is -0.256. The third-order valence-electron chi connectivity index (χ3n) is 15.7. The average molecular weight is 948 g/mol. The first kappa shape index (κ1) is 45.6. The molecule has 2 aliphatic carbocycles. The number of hydrogen-bond donors (Lipinski definition) is 5. The van der Waals surface area contributed by atoms with Gasteiger partial charge in [-0.3, -0.25) is 28.9 Å². The Hall–Kier alpha value is -4.81. The van der Waals surface area contributed by atoms with Gasteiger partial charge < -0.3 is 74.1 Å². The van der Waals surface area contributed by atoms with E-state index in [4.69, 9.17) is 43.6 Å². The van der Waals surface area contributed by atoms with E-state index in [0.29, 0.717) is 32.6 Å². The number of amides is 3. The highest BCUT2D eigenvalue weighted by Crippen LogP contribution is 2.53. The van der Waals surface area contributed by atoms with E-state index >= 15 is 4.79 Å². The van der Waals surface area contributed by atoms with Crippen molar-refractivity contribution < 1.29 is 77.2 Å². The second-order valence-electron chi connectivity index (χ2n) is 19.5. The van der Waals surface area contributed by atoms with Gasteiger partial charge in [0.2, 0.25) is 17.6 Å². The molecule has 0 saturated carbocycles. The number of piperazine rings is 1. The Morgan fingerprint density at radius 2 is 1.66 bits per heavy atom. The number of carbonyl (C=O) groups is 5. The second-order valence-corrected chi connectivity index (χ2v) is 19.5. The number of piperidine rings is 2. The van der Waals surface area contributed by atoms with Gasteiger partial charge in [-0.25, -0.2) is 0 Å². The molecule has 6 N–H and O–H groups in total. The minimum Gasteiger partial charge on any atom is -0.507 e. The Labute approximate surface area is 390 Å². The van der Waals surface area contributed by atoms with Crippen LogP contribution in [0.5, 0.6) is 17.2 Å². The molecule has 68 heavy (non-hydrogen) atoms. The van der Waals surface area contributed by atoms with Gasteiger partial charge in [0.15, 0.2) is 24.6 Å². The summed E-state index contributed by atoms with van der Waals surface area (Å²) >= 11 is 0. The minimum atomic E-state index is -2.26. The van der Waals surface area contributed by atoms with Crippen molar-refractivity contribution in [3.63, 3.8) is 0 Å². The van der Waals surface area contributed by atoms with Gasteiger partial charge in [-0.1, -0.05) is 12.1 Å². The lowest BCUT2D eigenvalue weighted by Gasteiger charge is -2.53. The van der Waals surface area contributed by atoms with Crippen LogP contribution in [0.25, 0.3) is 0 Å². The fourth-order valence-corrected chi connectivity index (χ4v) is 12.4. The summed E-state index contributed by atoms with van der Waals surface area (Å²) in [6, 6.07) is 2.76. The molecular weight excluding hydrogens is 891 g/mol. The number of rotatable bonds is 9. The maximum Gasteiger partial charge on any atom is 0.255 e. The number of morpholine rings is 1. The largest absolute Gasteiger partial charge is 0.507 e. The molecule has 0 spiro atoms. The Balaban J connectivity index is 0.857. The number of aliphatic hydroxyl groups is 1. The van der Waals surface area contributed by atoms with Crippen molar-refractivity contribution in [3.8, 4) is 17.2 Å². The number of fused-ring (bicyclic) bond motifs is 10. The van der Waals surface area contributed by atoms with Crippen molar-refractivity contribution in [3.05, 3.63) is 51.6 Å². The third-order valence-corrected chi connectivity index (χ3v) is 15.7. The molecule has 366 valence electrons. The Bertz CT molecular complexity index is 2440. The third kappa shape index (κ3) is 7.22. The number of phenolic OH excluding ortho intramolecular Hbond substituents is 2. The summed E-state index contributed by atoms with van der Waals surface area (Å²) in [6.07, 6.45) is -4.64. The van der Waals surface area contributed by atoms with Gasteiger partial charge in [-0.05, 0) is 25.8 Å². The van der Waals surface area contributed by atoms with Crippen LogP contribution in [0.3, 0.4) is 0 Å². The predicted octanol–water partition coefficient (Wildman–Crippen LogP) is -0.258. The zero-order valence-electron chi connectivity index (χ0n) is 38.0. The second kappa shape index (κ2) is 17.2. The molecule has 8 aliphatic heterocycles. The monoisotopic (exact) mass is 947 g/mol. The molecule has 10 aliphatic rings. The number of nitrogens with two attached hydrogens (primary N) is 1. The van der Waals surface area contributed by atoms with Crippen molar-refractivity contribution in [1.29, 1.82) is 0 Å². The van der Waals surface area contributed by atoms with E-state index in [-0.39, 0.29) is 115 Å². The van der Waals surface area contributed by atoms with Gasteiger partial charge in [0, 0.05) is 93.7 Å². The van der Waals surface area contributed by atoms with Gasteiger partial charge in [0.1, 0.15) is 41.2 Å². The summed E-state index contributed by atoms with van der Waals surface area (Å²) in [5.74, 6) is -3.92. The van der Waals surface area contributed by atoms with E-state index in [9.17, 15) is 34.5 Å². The van der Waals surface area contributed by atoms with E-state index in [1.54, 1.807) is 16.9 Å². The van der Waals surface area contributed by atoms with Crippen LogP contribution in [0, 0.1) is 0 Å². The van der Waals surface area contributed by atoms with Gasteiger partial charge in [0.25, 0.3) is 5.91 Å². The normalized spacial score (nSPS) is 36.9. The summed E-state index contributed by atoms with van der Waals surface area (Å²) < 4.78 is 47.8. The zero-order chi connectivity index (χ0) is 47.5. The van der Waals surface area contributed by atoms with Crippen LogP contribution >= 0.6 is 0 Å². The first-order valence-corrected chi connectivity index (χ1v) is 23.5. The van der Waals surface area contributed by atoms with Crippen molar-refractivity contribution in [1.82, 2.24) is 20.0 Å². The van der Waals surface area contributed by atoms with Gasteiger partial charge in [-0.2, -0.15) is 0 Å². The molecule has 2 bridgehead atoms. The van der Waals surface area contributed by atoms with Gasteiger partial charge in [0.05, 0.1) is 67.9 Å². The number of aromatic hydroxyl groups is 2. The van der Waals surface area contributed by atoms with E-state index in [1.165, 1.54) is 25.3 Å². The van der Waals surface area contributed by atoms with Gasteiger partial charge in [-0.15, -0.1) is 0 Å². The minimum absolute atomic E-state index is 0.0454. The molecule has 21 nitrogen and oxygen atoms in total. The number of hydrogen-bond acceptors (Lipinski definition) is 18. The van der Waals surface area contributed by atoms with Crippen LogP contribution in [0.2, 0.25) is 0 Å². The topological polar surface area (TPSA) is 268 Å². The van der Waals surface area contributed by atoms with Crippen LogP contribution in [0.1, 0.15) is 94.5 Å². The van der Waals surface area contributed by atoms with Crippen LogP contribution in [0.4, 0.5) is 0 Å². The van der Waals surface area contributed by atoms with E-state index in [2.05, 4.69) is 10.2 Å². The highest BCUT2D eigenvalue weighted by atomic mass is 16.7. The number of methoxy groups -OCH3 is 2. The lowest BCUT2D eigenvalue weighted by Crippen LogP contribution is -2.68. The highest BCUT2D eigenvalue weighted by molar-refractivity contribution is 6.31. The fourth-order valence-electron chi connectivity index (χ4n) is 12.4. The number of benzene rings is 2. The van der Waals surface area contributed by atoms with Crippen LogP contribution in [-0.2, 0) is 54.0 Å². The fraction of sp³-hybridized carbons (Fsp3) is 0.638. The molecule has 14 atom stereocenters. The zero-order valence-corrected chi connectivity index (χ0v) is 38.0. The van der Waals surface area contributed by atoms with Crippen LogP contribution in [-0.4, -0.2) is 192 Å². The predicted molar refractivity (Wildman–Crippen MR) is 230 cm³/mol. The number of nitrogens with zero attached hydrogens (tertiary/aromatic N) is 3. The molecule has 2 aromatic rings. The number of ketones is 2. The molecular formula is C47H57N5O16. The van der Waals surface area contributed by atoms with E-state index in [1.807, 2.05) is 6.92 Å². The quantitative estimate of drug-likeness (QED) is 0.173. The van der Waals surface area contributed by atoms with E-state index < -0.39 is 102 Å². The Kier molecular flexibility index (Phi) is 11.6. The lowest BCUT2D eigenvalue weighted by atomic mass is 9.72. The van der Waals surface area contributed by atoms with Crippen LogP contribution in [0.15, 0.2) is 18.2 Å². The average Bonchev–Trinajstić information content (AvgIpc) is 4.05. The Morgan fingerprint density at radius 1 is 0.912 bits per heavy atom. The van der Waals surface area contributed by atoms with Gasteiger partial charge >= 0.3 is 0 Å². The first-order chi connectivity index (χ1) is 32.7. The summed E-state index contributed by atoms with van der Waals surface area (Å²) in [7, 11) is 2.89. The standard InChI is InChI=1S/C47H57N5O16/c1-20-41-27(50-11-12-63-45(62-3)44(50)68-41)13-32(66-20)67-29-15-47(60,14-24-34(29)40(58)36-35(38(24)56)37(55)23-5-4-6-28(61-2)33(23)39(36)57)46(59)52-17-21-7-8-22(52)16-51(21)31(54)10-9-30(53)49-26-19-65-42-25(48)18-64-43(26)42/h4-6,20-22,25-27,29,32,41-45,56,58,60H,7-19,48H2,1-3H3,(H,49,53)/t20-,21-,22-,25-,26-,27-,29-,32-,41+,42+,43+,44+,45-,47-/m0/s1. The maximum absolute atomic E-state index is 15.0. The molecule has 8 fully saturated rings.